The number of hydrogen-bond donors (Lipinski definition) is 2. The number of imide groups is 1. The number of carbonyl (C=O) groups is 3. The van der Waals surface area contributed by atoms with Crippen LogP contribution in [0.15, 0.2) is 21.5 Å². The monoisotopic (exact) mass is 391 g/mol. The zero-order chi connectivity index (χ0) is 15.7. The Morgan fingerprint density at radius 3 is 2.71 bits per heavy atom. The lowest BCUT2D eigenvalue weighted by Crippen LogP contribution is -2.33. The number of aromatic hydroxyl groups is 1. The Kier molecular flexibility index (Phi) is 4.60. The van der Waals surface area contributed by atoms with Crippen molar-refractivity contribution in [3.05, 3.63) is 32.1 Å². The largest absolute Gasteiger partial charge is 0.506 e. The number of benzene rings is 1. The molecule has 1 aromatic rings. The number of thioether (sulfide) groups is 1. The maximum Gasteiger partial charge on any atom is 0.323 e. The summed E-state index contributed by atoms with van der Waals surface area (Å²) in [6, 6.07) is 3.00. The van der Waals surface area contributed by atoms with Gasteiger partial charge in [0.05, 0.1) is 9.93 Å². The molecule has 0 aromatic heterocycles. The van der Waals surface area contributed by atoms with Gasteiger partial charge in [-0.2, -0.15) is 0 Å². The van der Waals surface area contributed by atoms with Crippen molar-refractivity contribution in [1.29, 1.82) is 0 Å². The average molecular weight is 393 g/mol. The second-order valence-electron chi connectivity index (χ2n) is 3.99. The van der Waals surface area contributed by atoms with E-state index in [1.54, 1.807) is 0 Å². The zero-order valence-electron chi connectivity index (χ0n) is 10.2. The predicted molar refractivity (Wildman–Crippen MR) is 81.1 cm³/mol. The Morgan fingerprint density at radius 1 is 1.43 bits per heavy atom. The first kappa shape index (κ1) is 15.9. The van der Waals surface area contributed by atoms with E-state index in [0.717, 1.165) is 0 Å². The van der Waals surface area contributed by atoms with Crippen LogP contribution in [0.5, 0.6) is 5.75 Å². The predicted octanol–water partition coefficient (Wildman–Crippen LogP) is 2.93. The maximum absolute atomic E-state index is 12.0. The fourth-order valence-electron chi connectivity index (χ4n) is 1.61. The highest BCUT2D eigenvalue weighted by molar-refractivity contribution is 9.10. The van der Waals surface area contributed by atoms with E-state index in [2.05, 4.69) is 15.9 Å². The fourth-order valence-corrected chi connectivity index (χ4v) is 3.27. The topological polar surface area (TPSA) is 94.9 Å². The molecule has 1 fully saturated rings. The molecule has 6 nitrogen and oxygen atoms in total. The van der Waals surface area contributed by atoms with Crippen molar-refractivity contribution in [2.75, 3.05) is 6.54 Å². The molecular formula is C12H7BrClNO5S. The summed E-state index contributed by atoms with van der Waals surface area (Å²) in [7, 11) is 0. The minimum Gasteiger partial charge on any atom is -0.506 e. The molecule has 0 bridgehead atoms. The van der Waals surface area contributed by atoms with Crippen molar-refractivity contribution >= 4 is 62.5 Å². The molecule has 1 aromatic carbocycles. The van der Waals surface area contributed by atoms with Gasteiger partial charge in [0.2, 0.25) is 0 Å². The fraction of sp³-hybridized carbons (Fsp3) is 0.0833. The first-order valence-electron chi connectivity index (χ1n) is 5.44. The van der Waals surface area contributed by atoms with Gasteiger partial charge < -0.3 is 10.2 Å². The highest BCUT2D eigenvalue weighted by atomic mass is 79.9. The van der Waals surface area contributed by atoms with Crippen LogP contribution in [0.1, 0.15) is 5.56 Å². The van der Waals surface area contributed by atoms with Gasteiger partial charge in [-0.15, -0.1) is 0 Å². The molecule has 1 heterocycles. The number of amides is 2. The number of halogens is 2. The number of carbonyl (C=O) groups excluding carboxylic acids is 2. The van der Waals surface area contributed by atoms with Gasteiger partial charge in [0.1, 0.15) is 12.3 Å². The van der Waals surface area contributed by atoms with Gasteiger partial charge in [-0.25, -0.2) is 0 Å². The number of aliphatic carboxylic acids is 1. The van der Waals surface area contributed by atoms with E-state index in [1.807, 2.05) is 0 Å². The molecule has 2 amide bonds. The molecule has 0 unspecified atom stereocenters. The second-order valence-corrected chi connectivity index (χ2v) is 6.30. The molecule has 2 N–H and O–H groups in total. The number of phenolic OH excluding ortho intramolecular Hbond substituents is 1. The van der Waals surface area contributed by atoms with Crippen LogP contribution in [-0.4, -0.2) is 38.8 Å². The summed E-state index contributed by atoms with van der Waals surface area (Å²) < 4.78 is 0.585. The lowest BCUT2D eigenvalue weighted by atomic mass is 10.2. The average Bonchev–Trinajstić information content (AvgIpc) is 2.63. The van der Waals surface area contributed by atoms with Gasteiger partial charge >= 0.3 is 5.97 Å². The van der Waals surface area contributed by atoms with E-state index >= 15 is 0 Å². The standard InChI is InChI=1S/C12H7BrClNO5S/c13-6-1-5(10(18)7(14)3-6)2-8-11(19)15(4-9(16)17)12(20)21-8/h1-3,18H,4H2,(H,16,17)/b8-2-. The van der Waals surface area contributed by atoms with Gasteiger partial charge in [0, 0.05) is 10.0 Å². The van der Waals surface area contributed by atoms with E-state index < -0.39 is 23.7 Å². The van der Waals surface area contributed by atoms with Crippen LogP contribution < -0.4 is 0 Å². The molecule has 0 saturated carbocycles. The Labute approximate surface area is 136 Å². The van der Waals surface area contributed by atoms with Crippen molar-refractivity contribution in [1.82, 2.24) is 4.90 Å². The summed E-state index contributed by atoms with van der Waals surface area (Å²) in [6.45, 7) is -0.701. The Morgan fingerprint density at radius 2 is 2.10 bits per heavy atom. The molecule has 0 spiro atoms. The van der Waals surface area contributed by atoms with Gasteiger partial charge in [0.25, 0.3) is 11.1 Å². The van der Waals surface area contributed by atoms with Crippen molar-refractivity contribution in [3.63, 3.8) is 0 Å². The third kappa shape index (κ3) is 3.39. The molecule has 110 valence electrons. The Bertz CT molecular complexity index is 690. The smallest absolute Gasteiger partial charge is 0.323 e. The summed E-state index contributed by atoms with van der Waals surface area (Å²) in [5, 5.41) is 17.9. The first-order valence-corrected chi connectivity index (χ1v) is 7.43. The summed E-state index contributed by atoms with van der Waals surface area (Å²) in [5.74, 6) is -2.24. The second kappa shape index (κ2) is 6.08. The van der Waals surface area contributed by atoms with Crippen LogP contribution in [0.3, 0.4) is 0 Å². The van der Waals surface area contributed by atoms with Crippen molar-refractivity contribution in [2.45, 2.75) is 0 Å². The van der Waals surface area contributed by atoms with Gasteiger partial charge in [-0.05, 0) is 30.0 Å². The number of carboxylic acids is 1. The Balaban J connectivity index is 2.37. The number of phenols is 1. The number of carboxylic acid groups (broad SMARTS) is 1. The molecule has 1 saturated heterocycles. The van der Waals surface area contributed by atoms with E-state index in [0.29, 0.717) is 21.1 Å². The lowest BCUT2D eigenvalue weighted by Gasteiger charge is -2.08. The molecule has 0 aliphatic carbocycles. The molecular weight excluding hydrogens is 386 g/mol. The van der Waals surface area contributed by atoms with Gasteiger partial charge in [-0.1, -0.05) is 27.5 Å². The molecule has 9 heteroatoms. The van der Waals surface area contributed by atoms with E-state index in [4.69, 9.17) is 16.7 Å². The summed E-state index contributed by atoms with van der Waals surface area (Å²) in [5.41, 5.74) is 0.246. The minimum absolute atomic E-state index is 0.0192. The van der Waals surface area contributed by atoms with E-state index in [-0.39, 0.29) is 21.2 Å². The van der Waals surface area contributed by atoms with E-state index in [9.17, 15) is 19.5 Å². The van der Waals surface area contributed by atoms with Gasteiger partial charge in [-0.3, -0.25) is 19.3 Å². The molecule has 0 atom stereocenters. The van der Waals surface area contributed by atoms with Crippen LogP contribution in [-0.2, 0) is 9.59 Å². The summed E-state index contributed by atoms with van der Waals surface area (Å²) in [4.78, 5) is 34.8. The Hall–Kier alpha value is -1.51. The molecule has 21 heavy (non-hydrogen) atoms. The first-order chi connectivity index (χ1) is 9.79. The number of nitrogens with zero attached hydrogens (tertiary/aromatic N) is 1. The van der Waals surface area contributed by atoms with Crippen LogP contribution in [0.2, 0.25) is 5.02 Å². The van der Waals surface area contributed by atoms with Crippen molar-refractivity contribution < 1.29 is 24.6 Å². The maximum atomic E-state index is 12.0. The van der Waals surface area contributed by atoms with Crippen molar-refractivity contribution in [3.8, 4) is 5.75 Å². The normalized spacial score (nSPS) is 16.9. The highest BCUT2D eigenvalue weighted by Crippen LogP contribution is 2.37. The summed E-state index contributed by atoms with van der Waals surface area (Å²) >= 11 is 9.61. The zero-order valence-corrected chi connectivity index (χ0v) is 13.3. The third-order valence-corrected chi connectivity index (χ3v) is 4.16. The minimum atomic E-state index is -1.29. The number of rotatable bonds is 3. The van der Waals surface area contributed by atoms with Crippen LogP contribution in [0.4, 0.5) is 4.79 Å². The molecule has 1 aliphatic heterocycles. The molecule has 2 rings (SSSR count). The lowest BCUT2D eigenvalue weighted by molar-refractivity contribution is -0.140. The SMILES string of the molecule is O=C(O)CN1C(=O)S/C(=C\c2cc(Br)cc(Cl)c2O)C1=O. The molecule has 1 aliphatic rings. The van der Waals surface area contributed by atoms with Crippen LogP contribution in [0.25, 0.3) is 6.08 Å². The third-order valence-electron chi connectivity index (χ3n) is 2.51. The van der Waals surface area contributed by atoms with E-state index in [1.165, 1.54) is 18.2 Å². The summed E-state index contributed by atoms with van der Waals surface area (Å²) in [6.07, 6.45) is 1.29. The van der Waals surface area contributed by atoms with Crippen LogP contribution in [0, 0.1) is 0 Å². The van der Waals surface area contributed by atoms with Crippen LogP contribution >= 0.6 is 39.3 Å². The van der Waals surface area contributed by atoms with Gasteiger partial charge in [0.15, 0.2) is 0 Å². The number of hydrogen-bond acceptors (Lipinski definition) is 5. The van der Waals surface area contributed by atoms with Crippen molar-refractivity contribution in [2.24, 2.45) is 0 Å². The molecule has 0 radical (unpaired) electrons. The highest BCUT2D eigenvalue weighted by Gasteiger charge is 2.36. The quantitative estimate of drug-likeness (QED) is 0.768.